The third kappa shape index (κ3) is 3.63. The number of nitrogens with zero attached hydrogens (tertiary/aromatic N) is 3. The fourth-order valence-electron chi connectivity index (χ4n) is 1.69. The van der Waals surface area contributed by atoms with Gasteiger partial charge in [0, 0.05) is 40.8 Å². The molecule has 0 saturated heterocycles. The lowest BCUT2D eigenvalue weighted by atomic mass is 10.1. The normalized spacial score (nSPS) is 10.1. The molecule has 6 nitrogen and oxygen atoms in total. The van der Waals surface area contributed by atoms with E-state index in [1.165, 1.54) is 9.80 Å². The van der Waals surface area contributed by atoms with Gasteiger partial charge >= 0.3 is 0 Å². The first-order valence-electron chi connectivity index (χ1n) is 6.26. The number of anilines is 2. The fraction of sp³-hybridized carbons (Fsp3) is 0.429. The van der Waals surface area contributed by atoms with E-state index in [2.05, 4.69) is 0 Å². The third-order valence-electron chi connectivity index (χ3n) is 2.97. The molecule has 0 bridgehead atoms. The molecule has 1 rings (SSSR count). The molecule has 0 unspecified atom stereocenters. The highest BCUT2D eigenvalue weighted by Crippen LogP contribution is 2.24. The van der Waals surface area contributed by atoms with Gasteiger partial charge in [-0.15, -0.1) is 0 Å². The molecule has 0 saturated carbocycles. The largest absolute Gasteiger partial charge is 0.397 e. The summed E-state index contributed by atoms with van der Waals surface area (Å²) in [5, 5.41) is 0. The topological polar surface area (TPSA) is 69.9 Å². The predicted octanol–water partition coefficient (Wildman–Crippen LogP) is 0.495. The van der Waals surface area contributed by atoms with Crippen molar-refractivity contribution in [3.05, 3.63) is 23.8 Å². The summed E-state index contributed by atoms with van der Waals surface area (Å²) in [4.78, 5) is 28.4. The highest BCUT2D eigenvalue weighted by molar-refractivity contribution is 5.96. The molecule has 20 heavy (non-hydrogen) atoms. The van der Waals surface area contributed by atoms with Gasteiger partial charge in [-0.3, -0.25) is 9.59 Å². The number of likely N-dealkylation sites (N-methyl/N-ethyl adjacent to an activating group) is 2. The number of hydrogen-bond donors (Lipinski definition) is 1. The summed E-state index contributed by atoms with van der Waals surface area (Å²) in [6, 6.07) is 5.08. The van der Waals surface area contributed by atoms with E-state index in [9.17, 15) is 9.59 Å². The Labute approximate surface area is 119 Å². The third-order valence-corrected chi connectivity index (χ3v) is 2.97. The van der Waals surface area contributed by atoms with Crippen molar-refractivity contribution >= 4 is 23.2 Å². The molecular formula is C14H22N4O2. The van der Waals surface area contributed by atoms with Gasteiger partial charge in [0.15, 0.2) is 0 Å². The minimum Gasteiger partial charge on any atom is -0.397 e. The van der Waals surface area contributed by atoms with Gasteiger partial charge in [0.05, 0.1) is 17.9 Å². The first-order chi connectivity index (χ1) is 9.23. The highest BCUT2D eigenvalue weighted by Gasteiger charge is 2.15. The van der Waals surface area contributed by atoms with E-state index in [4.69, 9.17) is 5.73 Å². The lowest BCUT2D eigenvalue weighted by molar-refractivity contribution is -0.127. The molecule has 0 atom stereocenters. The summed E-state index contributed by atoms with van der Waals surface area (Å²) in [7, 11) is 8.56. The van der Waals surface area contributed by atoms with Gasteiger partial charge in [0.2, 0.25) is 5.91 Å². The van der Waals surface area contributed by atoms with Crippen LogP contribution < -0.4 is 10.6 Å². The number of rotatable bonds is 4. The van der Waals surface area contributed by atoms with Crippen LogP contribution in [0.15, 0.2) is 18.2 Å². The first kappa shape index (κ1) is 15.8. The van der Waals surface area contributed by atoms with Crippen molar-refractivity contribution in [2.75, 3.05) is 52.4 Å². The maximum absolute atomic E-state index is 12.0. The minimum absolute atomic E-state index is 0.0313. The van der Waals surface area contributed by atoms with Crippen LogP contribution in [0.4, 0.5) is 11.4 Å². The number of amides is 2. The summed E-state index contributed by atoms with van der Waals surface area (Å²) in [6.45, 7) is 0.205. The van der Waals surface area contributed by atoms with Gasteiger partial charge in [0.25, 0.3) is 5.91 Å². The van der Waals surface area contributed by atoms with Crippen LogP contribution in [0, 0.1) is 0 Å². The van der Waals surface area contributed by atoms with E-state index < -0.39 is 0 Å². The van der Waals surface area contributed by atoms with Gasteiger partial charge in [-0.05, 0) is 18.2 Å². The van der Waals surface area contributed by atoms with Crippen LogP contribution in [-0.2, 0) is 4.79 Å². The van der Waals surface area contributed by atoms with Crippen molar-refractivity contribution in [2.24, 2.45) is 0 Å². The summed E-state index contributed by atoms with van der Waals surface area (Å²) >= 11 is 0. The number of nitrogen functional groups attached to an aromatic ring is 1. The molecule has 0 aliphatic rings. The zero-order valence-electron chi connectivity index (χ0n) is 12.7. The SMILES string of the molecule is CN(C)C(=O)CN(C)c1cc(C(=O)N(C)C)ccc1N. The molecule has 1 aromatic rings. The summed E-state index contributed by atoms with van der Waals surface area (Å²) in [5.41, 5.74) is 7.68. The predicted molar refractivity (Wildman–Crippen MR) is 80.8 cm³/mol. The average Bonchev–Trinajstić information content (AvgIpc) is 2.37. The maximum Gasteiger partial charge on any atom is 0.253 e. The first-order valence-corrected chi connectivity index (χ1v) is 6.26. The Morgan fingerprint density at radius 2 is 1.65 bits per heavy atom. The van der Waals surface area contributed by atoms with Gasteiger partial charge in [-0.1, -0.05) is 0 Å². The maximum atomic E-state index is 12.0. The molecule has 0 fully saturated rings. The molecule has 0 radical (unpaired) electrons. The van der Waals surface area contributed by atoms with E-state index in [1.54, 1.807) is 58.3 Å². The van der Waals surface area contributed by atoms with Gasteiger partial charge in [-0.25, -0.2) is 0 Å². The number of benzene rings is 1. The number of nitrogens with two attached hydrogens (primary N) is 1. The number of hydrogen-bond acceptors (Lipinski definition) is 4. The molecule has 0 heterocycles. The van der Waals surface area contributed by atoms with E-state index in [1.807, 2.05) is 0 Å². The fourth-order valence-corrected chi connectivity index (χ4v) is 1.69. The highest BCUT2D eigenvalue weighted by atomic mass is 16.2. The standard InChI is InChI=1S/C14H22N4O2/c1-16(2)13(19)9-18(5)12-8-10(6-7-11(12)15)14(20)17(3)4/h6-8H,9,15H2,1-5H3. The molecule has 0 aromatic heterocycles. The van der Waals surface area contributed by atoms with Crippen LogP contribution in [0.3, 0.4) is 0 Å². The molecule has 0 aliphatic carbocycles. The monoisotopic (exact) mass is 278 g/mol. The second-order valence-electron chi connectivity index (χ2n) is 5.12. The van der Waals surface area contributed by atoms with Gasteiger partial charge < -0.3 is 20.4 Å². The van der Waals surface area contributed by atoms with Crippen LogP contribution >= 0.6 is 0 Å². The minimum atomic E-state index is -0.0985. The summed E-state index contributed by atoms with van der Waals surface area (Å²) < 4.78 is 0. The van der Waals surface area contributed by atoms with Crippen molar-refractivity contribution in [3.63, 3.8) is 0 Å². The zero-order valence-corrected chi connectivity index (χ0v) is 12.7. The summed E-state index contributed by atoms with van der Waals surface area (Å²) in [5.74, 6) is -0.130. The second-order valence-corrected chi connectivity index (χ2v) is 5.12. The Kier molecular flexibility index (Phi) is 4.96. The Bertz CT molecular complexity index is 512. The van der Waals surface area contributed by atoms with Crippen LogP contribution in [0.5, 0.6) is 0 Å². The van der Waals surface area contributed by atoms with E-state index in [-0.39, 0.29) is 18.4 Å². The van der Waals surface area contributed by atoms with Gasteiger partial charge in [0.1, 0.15) is 0 Å². The van der Waals surface area contributed by atoms with Gasteiger partial charge in [-0.2, -0.15) is 0 Å². The van der Waals surface area contributed by atoms with E-state index in [0.717, 1.165) is 0 Å². The van der Waals surface area contributed by atoms with Crippen LogP contribution in [0.1, 0.15) is 10.4 Å². The second kappa shape index (κ2) is 6.27. The molecule has 6 heteroatoms. The molecule has 110 valence electrons. The van der Waals surface area contributed by atoms with E-state index in [0.29, 0.717) is 16.9 Å². The molecular weight excluding hydrogens is 256 g/mol. The lowest BCUT2D eigenvalue weighted by Crippen LogP contribution is -2.34. The average molecular weight is 278 g/mol. The number of carbonyl (C=O) groups is 2. The lowest BCUT2D eigenvalue weighted by Gasteiger charge is -2.23. The van der Waals surface area contributed by atoms with Crippen molar-refractivity contribution in [3.8, 4) is 0 Å². The van der Waals surface area contributed by atoms with Crippen molar-refractivity contribution in [1.29, 1.82) is 0 Å². The van der Waals surface area contributed by atoms with Crippen LogP contribution in [-0.4, -0.2) is 63.4 Å². The summed E-state index contributed by atoms with van der Waals surface area (Å²) in [6.07, 6.45) is 0. The Balaban J connectivity index is 3.02. The van der Waals surface area contributed by atoms with Crippen molar-refractivity contribution in [2.45, 2.75) is 0 Å². The Morgan fingerprint density at radius 3 is 2.15 bits per heavy atom. The molecule has 0 spiro atoms. The van der Waals surface area contributed by atoms with Crippen molar-refractivity contribution in [1.82, 2.24) is 9.80 Å². The smallest absolute Gasteiger partial charge is 0.253 e. The molecule has 2 N–H and O–H groups in total. The quantitative estimate of drug-likeness (QED) is 0.814. The zero-order chi connectivity index (χ0) is 15.4. The van der Waals surface area contributed by atoms with Crippen LogP contribution in [0.25, 0.3) is 0 Å². The molecule has 2 amide bonds. The molecule has 0 aliphatic heterocycles. The Morgan fingerprint density at radius 1 is 1.05 bits per heavy atom. The Hall–Kier alpha value is -2.24. The van der Waals surface area contributed by atoms with E-state index >= 15 is 0 Å². The van der Waals surface area contributed by atoms with Crippen LogP contribution in [0.2, 0.25) is 0 Å². The molecule has 1 aromatic carbocycles. The number of carbonyl (C=O) groups excluding carboxylic acids is 2. The van der Waals surface area contributed by atoms with Crippen molar-refractivity contribution < 1.29 is 9.59 Å².